The quantitative estimate of drug-likeness (QED) is 0.749. The third-order valence-corrected chi connectivity index (χ3v) is 2.28. The summed E-state index contributed by atoms with van der Waals surface area (Å²) in [6, 6.07) is 9.92. The maximum absolute atomic E-state index is 8.99. The van der Waals surface area contributed by atoms with Gasteiger partial charge in [0, 0.05) is 0 Å². The van der Waals surface area contributed by atoms with E-state index in [1.54, 1.807) is 0 Å². The van der Waals surface area contributed by atoms with Gasteiger partial charge >= 0.3 is 0 Å². The van der Waals surface area contributed by atoms with Crippen molar-refractivity contribution in [2.75, 3.05) is 0 Å². The number of hydrogen-bond donors (Lipinski definition) is 0. The van der Waals surface area contributed by atoms with E-state index in [-0.39, 0.29) is 0 Å². The van der Waals surface area contributed by atoms with Crippen molar-refractivity contribution in [1.29, 1.82) is 10.5 Å². The standard InChI is InChI=1S/C13H14N2/c1-10(2)8-13-11(6-7-14)4-3-5-12(13)9-15/h3-5,10H,6,8H2,1-2H3. The maximum atomic E-state index is 8.99. The molecule has 0 amide bonds. The van der Waals surface area contributed by atoms with Crippen molar-refractivity contribution in [1.82, 2.24) is 0 Å². The number of nitrogens with zero attached hydrogens (tertiary/aromatic N) is 2. The van der Waals surface area contributed by atoms with Gasteiger partial charge in [-0.1, -0.05) is 26.0 Å². The van der Waals surface area contributed by atoms with E-state index in [1.807, 2.05) is 18.2 Å². The topological polar surface area (TPSA) is 47.6 Å². The zero-order chi connectivity index (χ0) is 11.3. The molecule has 0 saturated carbocycles. The normalized spacial score (nSPS) is 9.67. The monoisotopic (exact) mass is 198 g/mol. The van der Waals surface area contributed by atoms with Crippen LogP contribution < -0.4 is 0 Å². The minimum Gasteiger partial charge on any atom is -0.198 e. The first-order chi connectivity index (χ1) is 7.19. The van der Waals surface area contributed by atoms with Crippen molar-refractivity contribution >= 4 is 0 Å². The van der Waals surface area contributed by atoms with Gasteiger partial charge in [-0.15, -0.1) is 0 Å². The summed E-state index contributed by atoms with van der Waals surface area (Å²) >= 11 is 0. The zero-order valence-corrected chi connectivity index (χ0v) is 9.12. The molecular weight excluding hydrogens is 184 g/mol. The van der Waals surface area contributed by atoms with Crippen LogP contribution in [0.5, 0.6) is 0 Å². The van der Waals surface area contributed by atoms with Gasteiger partial charge in [0.15, 0.2) is 0 Å². The molecule has 1 rings (SSSR count). The SMILES string of the molecule is CC(C)Cc1c(C#N)cccc1CC#N. The minimum atomic E-state index is 0.386. The average molecular weight is 198 g/mol. The first-order valence-corrected chi connectivity index (χ1v) is 5.06. The Balaban J connectivity index is 3.17. The minimum absolute atomic E-state index is 0.386. The van der Waals surface area contributed by atoms with Gasteiger partial charge in [0.2, 0.25) is 0 Å². The van der Waals surface area contributed by atoms with Gasteiger partial charge in [0.1, 0.15) is 0 Å². The summed E-state index contributed by atoms with van der Waals surface area (Å²) in [5, 5.41) is 17.7. The molecule has 1 aromatic rings. The highest BCUT2D eigenvalue weighted by Crippen LogP contribution is 2.18. The van der Waals surface area contributed by atoms with E-state index in [2.05, 4.69) is 26.0 Å². The fraction of sp³-hybridized carbons (Fsp3) is 0.385. The van der Waals surface area contributed by atoms with Crippen LogP contribution in [0.4, 0.5) is 0 Å². The second kappa shape index (κ2) is 5.17. The van der Waals surface area contributed by atoms with Crippen molar-refractivity contribution in [2.45, 2.75) is 26.7 Å². The van der Waals surface area contributed by atoms with E-state index in [0.717, 1.165) is 17.5 Å². The molecule has 0 aliphatic rings. The molecule has 0 aromatic heterocycles. The summed E-state index contributed by atoms with van der Waals surface area (Å²) in [5.74, 6) is 0.497. The molecule has 0 aliphatic carbocycles. The largest absolute Gasteiger partial charge is 0.198 e. The van der Waals surface area contributed by atoms with Crippen LogP contribution >= 0.6 is 0 Å². The van der Waals surface area contributed by atoms with Gasteiger partial charge in [-0.05, 0) is 29.5 Å². The molecule has 0 N–H and O–H groups in total. The van der Waals surface area contributed by atoms with E-state index >= 15 is 0 Å². The van der Waals surface area contributed by atoms with Crippen LogP contribution in [0.25, 0.3) is 0 Å². The number of hydrogen-bond acceptors (Lipinski definition) is 2. The Morgan fingerprint density at radius 2 is 2.00 bits per heavy atom. The number of benzene rings is 1. The predicted octanol–water partition coefficient (Wildman–Crippen LogP) is 2.82. The Morgan fingerprint density at radius 1 is 1.27 bits per heavy atom. The van der Waals surface area contributed by atoms with E-state index in [4.69, 9.17) is 10.5 Å². The molecule has 1 aromatic carbocycles. The second-order valence-corrected chi connectivity index (χ2v) is 3.99. The number of nitriles is 2. The molecule has 0 aliphatic heterocycles. The Morgan fingerprint density at radius 3 is 2.53 bits per heavy atom. The molecule has 15 heavy (non-hydrogen) atoms. The number of rotatable bonds is 3. The molecule has 0 unspecified atom stereocenters. The van der Waals surface area contributed by atoms with Crippen LogP contribution in [0.3, 0.4) is 0 Å². The molecule has 0 spiro atoms. The molecule has 2 nitrogen and oxygen atoms in total. The molecule has 0 bridgehead atoms. The van der Waals surface area contributed by atoms with Crippen molar-refractivity contribution in [3.05, 3.63) is 34.9 Å². The predicted molar refractivity (Wildman–Crippen MR) is 59.0 cm³/mol. The summed E-state index contributed by atoms with van der Waals surface area (Å²) in [6.45, 7) is 4.23. The molecular formula is C13H14N2. The molecule has 2 heteroatoms. The van der Waals surface area contributed by atoms with E-state index in [1.165, 1.54) is 0 Å². The Hall–Kier alpha value is -1.80. The molecule has 0 heterocycles. The van der Waals surface area contributed by atoms with Crippen molar-refractivity contribution in [3.63, 3.8) is 0 Å². The summed E-state index contributed by atoms with van der Waals surface area (Å²) < 4.78 is 0. The molecule has 76 valence electrons. The molecule has 0 atom stereocenters. The van der Waals surface area contributed by atoms with E-state index < -0.39 is 0 Å². The Bertz CT molecular complexity index is 419. The highest BCUT2D eigenvalue weighted by atomic mass is 14.3. The van der Waals surface area contributed by atoms with Gasteiger partial charge in [-0.3, -0.25) is 0 Å². The smallest absolute Gasteiger partial charge is 0.0994 e. The molecule has 0 radical (unpaired) electrons. The third kappa shape index (κ3) is 2.82. The van der Waals surface area contributed by atoms with Gasteiger partial charge in [0.25, 0.3) is 0 Å². The highest BCUT2D eigenvalue weighted by molar-refractivity contribution is 5.44. The van der Waals surface area contributed by atoms with Crippen LogP contribution in [0.1, 0.15) is 30.5 Å². The first kappa shape index (κ1) is 11.3. The lowest BCUT2D eigenvalue weighted by molar-refractivity contribution is 0.643. The average Bonchev–Trinajstić information content (AvgIpc) is 2.20. The highest BCUT2D eigenvalue weighted by Gasteiger charge is 2.09. The summed E-state index contributed by atoms with van der Waals surface area (Å²) in [5.41, 5.74) is 2.73. The summed E-state index contributed by atoms with van der Waals surface area (Å²) in [7, 11) is 0. The van der Waals surface area contributed by atoms with Gasteiger partial charge < -0.3 is 0 Å². The lowest BCUT2D eigenvalue weighted by Crippen LogP contribution is -2.02. The first-order valence-electron chi connectivity index (χ1n) is 5.06. The third-order valence-electron chi connectivity index (χ3n) is 2.28. The lowest BCUT2D eigenvalue weighted by atomic mass is 9.92. The van der Waals surface area contributed by atoms with Crippen LogP contribution in [-0.4, -0.2) is 0 Å². The van der Waals surface area contributed by atoms with Crippen LogP contribution in [0, 0.1) is 28.6 Å². The Kier molecular flexibility index (Phi) is 3.89. The summed E-state index contributed by atoms with van der Waals surface area (Å²) in [6.07, 6.45) is 1.25. The van der Waals surface area contributed by atoms with Crippen molar-refractivity contribution < 1.29 is 0 Å². The Labute approximate surface area is 90.8 Å². The van der Waals surface area contributed by atoms with Gasteiger partial charge in [0.05, 0.1) is 24.1 Å². The van der Waals surface area contributed by atoms with Crippen molar-refractivity contribution in [3.8, 4) is 12.1 Å². The van der Waals surface area contributed by atoms with Crippen LogP contribution in [0.15, 0.2) is 18.2 Å². The van der Waals surface area contributed by atoms with Gasteiger partial charge in [-0.25, -0.2) is 0 Å². The fourth-order valence-electron chi connectivity index (χ4n) is 1.64. The van der Waals surface area contributed by atoms with E-state index in [0.29, 0.717) is 17.9 Å². The fourth-order valence-corrected chi connectivity index (χ4v) is 1.64. The van der Waals surface area contributed by atoms with Gasteiger partial charge in [-0.2, -0.15) is 10.5 Å². The van der Waals surface area contributed by atoms with E-state index in [9.17, 15) is 0 Å². The molecule has 0 fully saturated rings. The second-order valence-electron chi connectivity index (χ2n) is 3.99. The zero-order valence-electron chi connectivity index (χ0n) is 9.12. The van der Waals surface area contributed by atoms with Crippen molar-refractivity contribution in [2.24, 2.45) is 5.92 Å². The lowest BCUT2D eigenvalue weighted by Gasteiger charge is -2.11. The summed E-state index contributed by atoms with van der Waals surface area (Å²) in [4.78, 5) is 0. The van der Waals surface area contributed by atoms with Crippen LogP contribution in [0.2, 0.25) is 0 Å². The molecule has 0 saturated heterocycles. The maximum Gasteiger partial charge on any atom is 0.0994 e. The van der Waals surface area contributed by atoms with Crippen LogP contribution in [-0.2, 0) is 12.8 Å².